The first-order valence-corrected chi connectivity index (χ1v) is 7.81. The number of hydrogen-bond acceptors (Lipinski definition) is 4. The number of nitro groups is 2. The minimum absolute atomic E-state index is 0.0322. The summed E-state index contributed by atoms with van der Waals surface area (Å²) in [6, 6.07) is 11.8. The van der Waals surface area contributed by atoms with E-state index in [1.165, 1.54) is 12.1 Å². The zero-order valence-corrected chi connectivity index (χ0v) is 13.9. The van der Waals surface area contributed by atoms with Gasteiger partial charge in [-0.1, -0.05) is 51.1 Å². The van der Waals surface area contributed by atoms with Crippen molar-refractivity contribution in [2.75, 3.05) is 0 Å². The van der Waals surface area contributed by atoms with E-state index in [4.69, 9.17) is 0 Å². The Balaban J connectivity index is 2.37. The molecule has 6 heteroatoms. The maximum absolute atomic E-state index is 11.5. The number of rotatable bonds is 6. The molecule has 1 unspecified atom stereocenters. The van der Waals surface area contributed by atoms with E-state index in [1.54, 1.807) is 18.2 Å². The molecule has 0 amide bonds. The molecule has 6 nitrogen and oxygen atoms in total. The lowest BCUT2D eigenvalue weighted by atomic mass is 9.90. The van der Waals surface area contributed by atoms with Crippen molar-refractivity contribution in [1.29, 1.82) is 0 Å². The number of benzene rings is 2. The van der Waals surface area contributed by atoms with E-state index in [0.717, 1.165) is 5.56 Å². The zero-order valence-electron chi connectivity index (χ0n) is 13.9. The molecule has 126 valence electrons. The van der Waals surface area contributed by atoms with Crippen LogP contribution in [0.5, 0.6) is 0 Å². The summed E-state index contributed by atoms with van der Waals surface area (Å²) in [5.74, 6) is -0.00974. The monoisotopic (exact) mass is 328 g/mol. The third-order valence-corrected chi connectivity index (χ3v) is 4.13. The van der Waals surface area contributed by atoms with Gasteiger partial charge in [-0.3, -0.25) is 20.2 Å². The molecule has 0 aromatic heterocycles. The first-order chi connectivity index (χ1) is 11.3. The molecule has 1 atom stereocenters. The lowest BCUT2D eigenvalue weighted by Gasteiger charge is -2.15. The van der Waals surface area contributed by atoms with Gasteiger partial charge in [-0.15, -0.1) is 0 Å². The van der Waals surface area contributed by atoms with Crippen molar-refractivity contribution >= 4 is 11.4 Å². The van der Waals surface area contributed by atoms with Crippen LogP contribution in [-0.2, 0) is 6.42 Å². The fourth-order valence-corrected chi connectivity index (χ4v) is 2.86. The number of non-ortho nitro benzene ring substituents is 1. The second kappa shape index (κ2) is 7.21. The Labute approximate surface area is 140 Å². The van der Waals surface area contributed by atoms with Gasteiger partial charge in [-0.2, -0.15) is 0 Å². The molecule has 0 fully saturated rings. The molecule has 2 rings (SSSR count). The maximum Gasteiger partial charge on any atom is 0.276 e. The first kappa shape index (κ1) is 17.6. The van der Waals surface area contributed by atoms with E-state index in [-0.39, 0.29) is 28.1 Å². The molecule has 0 aliphatic carbocycles. The molecule has 0 radical (unpaired) electrons. The van der Waals surface area contributed by atoms with Crippen LogP contribution in [0.4, 0.5) is 11.4 Å². The van der Waals surface area contributed by atoms with Crippen LogP contribution in [0.2, 0.25) is 0 Å². The molecule has 0 aliphatic rings. The summed E-state index contributed by atoms with van der Waals surface area (Å²) < 4.78 is 0. The fraction of sp³-hybridized carbons (Fsp3) is 0.333. The highest BCUT2D eigenvalue weighted by Crippen LogP contribution is 2.33. The van der Waals surface area contributed by atoms with E-state index in [0.29, 0.717) is 17.5 Å². The normalized spacial score (nSPS) is 12.2. The summed E-state index contributed by atoms with van der Waals surface area (Å²) in [5.41, 5.74) is 2.36. The Kier molecular flexibility index (Phi) is 5.28. The number of nitrogens with zero attached hydrogens (tertiary/aromatic N) is 2. The molecular formula is C18H20N2O4. The summed E-state index contributed by atoms with van der Waals surface area (Å²) in [6.07, 6.45) is 0.456. The first-order valence-electron chi connectivity index (χ1n) is 7.81. The lowest BCUT2D eigenvalue weighted by Crippen LogP contribution is -2.06. The Hall–Kier alpha value is -2.76. The number of nitro benzene ring substituents is 2. The summed E-state index contributed by atoms with van der Waals surface area (Å²) in [6.45, 7) is 5.77. The van der Waals surface area contributed by atoms with E-state index in [9.17, 15) is 20.2 Å². The van der Waals surface area contributed by atoms with E-state index >= 15 is 0 Å². The average Bonchev–Trinajstić information content (AvgIpc) is 2.54. The number of hydrogen-bond donors (Lipinski definition) is 0. The predicted octanol–water partition coefficient (Wildman–Crippen LogP) is 4.97. The minimum atomic E-state index is -0.432. The van der Waals surface area contributed by atoms with E-state index < -0.39 is 4.92 Å². The largest absolute Gasteiger partial charge is 0.276 e. The summed E-state index contributed by atoms with van der Waals surface area (Å²) >= 11 is 0. The van der Waals surface area contributed by atoms with Crippen LogP contribution in [0.25, 0.3) is 0 Å². The summed E-state index contributed by atoms with van der Waals surface area (Å²) in [7, 11) is 0. The minimum Gasteiger partial charge on any atom is -0.258 e. The number of para-hydroxylation sites is 1. The van der Waals surface area contributed by atoms with E-state index in [1.807, 2.05) is 32.9 Å². The van der Waals surface area contributed by atoms with Crippen LogP contribution in [0.3, 0.4) is 0 Å². The molecule has 0 bridgehead atoms. The zero-order chi connectivity index (χ0) is 17.9. The average molecular weight is 328 g/mol. The predicted molar refractivity (Wildman–Crippen MR) is 92.4 cm³/mol. The van der Waals surface area contributed by atoms with Crippen molar-refractivity contribution in [3.05, 3.63) is 79.4 Å². The van der Waals surface area contributed by atoms with Crippen molar-refractivity contribution in [3.63, 3.8) is 0 Å². The third-order valence-electron chi connectivity index (χ3n) is 4.13. The van der Waals surface area contributed by atoms with Crippen LogP contribution in [0.15, 0.2) is 42.5 Å². The van der Waals surface area contributed by atoms with Crippen LogP contribution in [0, 0.1) is 20.2 Å². The van der Waals surface area contributed by atoms with Gasteiger partial charge in [-0.25, -0.2) is 0 Å². The molecule has 0 spiro atoms. The Morgan fingerprint density at radius 1 is 0.958 bits per heavy atom. The van der Waals surface area contributed by atoms with Gasteiger partial charge in [0.25, 0.3) is 11.4 Å². The SMILES string of the molecule is CC(C)c1cccc(CC(C)c2cccc([N+](=O)[O-])c2)c1[N+](=O)[O-]. The van der Waals surface area contributed by atoms with Gasteiger partial charge in [0.15, 0.2) is 0 Å². The Bertz CT molecular complexity index is 771. The molecular weight excluding hydrogens is 308 g/mol. The molecule has 0 aliphatic heterocycles. The second-order valence-electron chi connectivity index (χ2n) is 6.22. The van der Waals surface area contributed by atoms with Gasteiger partial charge in [0.05, 0.1) is 9.85 Å². The van der Waals surface area contributed by atoms with Gasteiger partial charge in [-0.05, 0) is 23.8 Å². The second-order valence-corrected chi connectivity index (χ2v) is 6.22. The van der Waals surface area contributed by atoms with Crippen molar-refractivity contribution in [2.24, 2.45) is 0 Å². The van der Waals surface area contributed by atoms with Crippen LogP contribution < -0.4 is 0 Å². The smallest absolute Gasteiger partial charge is 0.258 e. The van der Waals surface area contributed by atoms with Crippen molar-refractivity contribution in [3.8, 4) is 0 Å². The molecule has 2 aromatic carbocycles. The highest BCUT2D eigenvalue weighted by Gasteiger charge is 2.23. The standard InChI is InChI=1S/C18H20N2O4/c1-12(2)17-9-5-7-15(18(17)20(23)24)10-13(3)14-6-4-8-16(11-14)19(21)22/h4-9,11-13H,10H2,1-3H3. The fourth-order valence-electron chi connectivity index (χ4n) is 2.86. The quantitative estimate of drug-likeness (QED) is 0.553. The van der Waals surface area contributed by atoms with Crippen LogP contribution >= 0.6 is 0 Å². The van der Waals surface area contributed by atoms with Crippen molar-refractivity contribution in [1.82, 2.24) is 0 Å². The third kappa shape index (κ3) is 3.76. The topological polar surface area (TPSA) is 86.3 Å². The van der Waals surface area contributed by atoms with Crippen molar-refractivity contribution < 1.29 is 9.85 Å². The van der Waals surface area contributed by atoms with Crippen molar-refractivity contribution in [2.45, 2.75) is 39.0 Å². The Morgan fingerprint density at radius 3 is 2.21 bits per heavy atom. The van der Waals surface area contributed by atoms with Gasteiger partial charge in [0.1, 0.15) is 0 Å². The van der Waals surface area contributed by atoms with Crippen LogP contribution in [-0.4, -0.2) is 9.85 Å². The van der Waals surface area contributed by atoms with Gasteiger partial charge >= 0.3 is 0 Å². The summed E-state index contributed by atoms with van der Waals surface area (Å²) in [5, 5.41) is 22.4. The highest BCUT2D eigenvalue weighted by molar-refractivity contribution is 5.50. The molecule has 0 heterocycles. The molecule has 24 heavy (non-hydrogen) atoms. The van der Waals surface area contributed by atoms with Gasteiger partial charge in [0.2, 0.25) is 0 Å². The van der Waals surface area contributed by atoms with Crippen LogP contribution in [0.1, 0.15) is 49.3 Å². The van der Waals surface area contributed by atoms with E-state index in [2.05, 4.69) is 0 Å². The lowest BCUT2D eigenvalue weighted by molar-refractivity contribution is -0.386. The van der Waals surface area contributed by atoms with Gasteiger partial charge in [0, 0.05) is 23.3 Å². The summed E-state index contributed by atoms with van der Waals surface area (Å²) in [4.78, 5) is 21.7. The van der Waals surface area contributed by atoms with Gasteiger partial charge < -0.3 is 0 Å². The maximum atomic E-state index is 11.5. The Morgan fingerprint density at radius 2 is 1.62 bits per heavy atom. The highest BCUT2D eigenvalue weighted by atomic mass is 16.6. The molecule has 0 N–H and O–H groups in total. The molecule has 0 saturated carbocycles. The molecule has 0 saturated heterocycles. The molecule has 2 aromatic rings.